The first kappa shape index (κ1) is 16.2. The second-order valence-corrected chi connectivity index (χ2v) is 4.29. The quantitative estimate of drug-likeness (QED) is 0.553. The fourth-order valence-corrected chi connectivity index (χ4v) is 1.52. The number of ether oxygens (including phenoxy) is 2. The average Bonchev–Trinajstić information content (AvgIpc) is 2.42. The van der Waals surface area contributed by atoms with Crippen molar-refractivity contribution in [2.75, 3.05) is 25.1 Å². The third-order valence-corrected chi connectivity index (χ3v) is 2.46. The largest absolute Gasteiger partial charge is 0.467 e. The van der Waals surface area contributed by atoms with Crippen LogP contribution >= 0.6 is 0 Å². The van der Waals surface area contributed by atoms with Gasteiger partial charge in [-0.2, -0.15) is 4.98 Å². The maximum Gasteiger partial charge on any atom is 0.331 e. The van der Waals surface area contributed by atoms with Crippen LogP contribution in [0, 0.1) is 10.1 Å². The van der Waals surface area contributed by atoms with Crippen molar-refractivity contribution in [1.29, 1.82) is 0 Å². The highest BCUT2D eigenvalue weighted by molar-refractivity contribution is 5.49. The van der Waals surface area contributed by atoms with Gasteiger partial charge in [0.25, 0.3) is 5.88 Å². The van der Waals surface area contributed by atoms with E-state index in [1.165, 1.54) is 6.07 Å². The van der Waals surface area contributed by atoms with Gasteiger partial charge in [-0.25, -0.2) is 0 Å². The van der Waals surface area contributed by atoms with Gasteiger partial charge in [0.15, 0.2) is 0 Å². The topological polar surface area (TPSA) is 86.5 Å². The normalized spacial score (nSPS) is 11.9. The van der Waals surface area contributed by atoms with Crippen molar-refractivity contribution in [2.45, 2.75) is 33.3 Å². The number of nitrogens with zero attached hydrogens (tertiary/aromatic N) is 2. The molecular formula is C13H21N3O4. The first-order valence-corrected chi connectivity index (χ1v) is 6.72. The molecule has 0 saturated carbocycles. The summed E-state index contributed by atoms with van der Waals surface area (Å²) in [5, 5.41) is 14.0. The first-order chi connectivity index (χ1) is 9.58. The fraction of sp³-hybridized carbons (Fsp3) is 0.615. The lowest BCUT2D eigenvalue weighted by Gasteiger charge is -2.14. The number of nitro groups is 1. The Morgan fingerprint density at radius 3 is 2.80 bits per heavy atom. The molecule has 1 heterocycles. The minimum Gasteiger partial charge on any atom is -0.467 e. The van der Waals surface area contributed by atoms with Crippen LogP contribution in [0.4, 0.5) is 11.5 Å². The lowest BCUT2D eigenvalue weighted by Crippen LogP contribution is -2.20. The summed E-state index contributed by atoms with van der Waals surface area (Å²) in [6.07, 6.45) is 0.637. The number of rotatable bonds is 9. The summed E-state index contributed by atoms with van der Waals surface area (Å²) in [4.78, 5) is 14.6. The molecule has 20 heavy (non-hydrogen) atoms. The SMILES string of the molecule is CCCNc1ccc([N+](=O)[O-])c(OC(C)COCC)n1. The van der Waals surface area contributed by atoms with Crippen molar-refractivity contribution in [2.24, 2.45) is 0 Å². The van der Waals surface area contributed by atoms with Gasteiger partial charge in [-0.3, -0.25) is 10.1 Å². The van der Waals surface area contributed by atoms with Gasteiger partial charge in [0.2, 0.25) is 0 Å². The number of nitrogens with one attached hydrogen (secondary N) is 1. The maximum absolute atomic E-state index is 11.0. The highest BCUT2D eigenvalue weighted by atomic mass is 16.6. The second kappa shape index (κ2) is 8.31. The van der Waals surface area contributed by atoms with Crippen LogP contribution in [0.5, 0.6) is 5.88 Å². The number of aromatic nitrogens is 1. The Bertz CT molecular complexity index is 440. The highest BCUT2D eigenvalue weighted by Gasteiger charge is 2.19. The minimum absolute atomic E-state index is 0.0170. The van der Waals surface area contributed by atoms with Crippen molar-refractivity contribution in [1.82, 2.24) is 4.98 Å². The standard InChI is InChI=1S/C13H21N3O4/c1-4-8-14-12-7-6-11(16(17)18)13(15-12)20-10(3)9-19-5-2/h6-7,10H,4-5,8-9H2,1-3H3,(H,14,15). The molecule has 0 bridgehead atoms. The van der Waals surface area contributed by atoms with Gasteiger partial charge in [-0.05, 0) is 26.3 Å². The number of pyridine rings is 1. The molecular weight excluding hydrogens is 262 g/mol. The first-order valence-electron chi connectivity index (χ1n) is 6.72. The van der Waals surface area contributed by atoms with E-state index in [9.17, 15) is 10.1 Å². The van der Waals surface area contributed by atoms with E-state index in [2.05, 4.69) is 10.3 Å². The molecule has 1 aromatic rings. The average molecular weight is 283 g/mol. The summed E-state index contributed by atoms with van der Waals surface area (Å²) in [7, 11) is 0. The second-order valence-electron chi connectivity index (χ2n) is 4.29. The molecule has 1 rings (SSSR count). The van der Waals surface area contributed by atoms with Gasteiger partial charge in [-0.15, -0.1) is 0 Å². The zero-order valence-corrected chi connectivity index (χ0v) is 12.1. The predicted molar refractivity (Wildman–Crippen MR) is 76.3 cm³/mol. The number of anilines is 1. The van der Waals surface area contributed by atoms with E-state index >= 15 is 0 Å². The third kappa shape index (κ3) is 5.00. The number of hydrogen-bond acceptors (Lipinski definition) is 6. The van der Waals surface area contributed by atoms with Crippen LogP contribution in [-0.2, 0) is 4.74 Å². The summed E-state index contributed by atoms with van der Waals surface area (Å²) in [6, 6.07) is 2.97. The van der Waals surface area contributed by atoms with Crippen molar-refractivity contribution in [3.8, 4) is 5.88 Å². The highest BCUT2D eigenvalue weighted by Crippen LogP contribution is 2.27. The smallest absolute Gasteiger partial charge is 0.331 e. The molecule has 0 aliphatic rings. The molecule has 0 fully saturated rings. The molecule has 1 atom stereocenters. The maximum atomic E-state index is 11.0. The molecule has 0 aliphatic heterocycles. The molecule has 0 aliphatic carbocycles. The predicted octanol–water partition coefficient (Wildman–Crippen LogP) is 2.62. The lowest BCUT2D eigenvalue weighted by atomic mass is 10.3. The van der Waals surface area contributed by atoms with Crippen LogP contribution in [0.1, 0.15) is 27.2 Å². The summed E-state index contributed by atoms with van der Waals surface area (Å²) in [5.41, 5.74) is -0.143. The Balaban J connectivity index is 2.85. The van der Waals surface area contributed by atoms with Crippen molar-refractivity contribution >= 4 is 11.5 Å². The molecule has 7 heteroatoms. The molecule has 1 N–H and O–H groups in total. The van der Waals surface area contributed by atoms with Gasteiger partial charge in [0.1, 0.15) is 11.9 Å². The van der Waals surface area contributed by atoms with E-state index in [-0.39, 0.29) is 17.7 Å². The van der Waals surface area contributed by atoms with Gasteiger partial charge in [0, 0.05) is 19.2 Å². The van der Waals surface area contributed by atoms with E-state index in [1.807, 2.05) is 13.8 Å². The van der Waals surface area contributed by atoms with Gasteiger partial charge in [-0.1, -0.05) is 6.92 Å². The third-order valence-electron chi connectivity index (χ3n) is 2.46. The molecule has 112 valence electrons. The summed E-state index contributed by atoms with van der Waals surface area (Å²) >= 11 is 0. The minimum atomic E-state index is -0.501. The van der Waals surface area contributed by atoms with Crippen molar-refractivity contribution < 1.29 is 14.4 Å². The molecule has 1 aromatic heterocycles. The zero-order chi connectivity index (χ0) is 15.0. The van der Waals surface area contributed by atoms with E-state index < -0.39 is 4.92 Å². The Labute approximate surface area is 118 Å². The molecule has 7 nitrogen and oxygen atoms in total. The van der Waals surface area contributed by atoms with Crippen LogP contribution in [-0.4, -0.2) is 35.8 Å². The summed E-state index contributed by atoms with van der Waals surface area (Å²) in [6.45, 7) is 7.37. The molecule has 0 spiro atoms. The van der Waals surface area contributed by atoms with Crippen LogP contribution in [0.25, 0.3) is 0 Å². The lowest BCUT2D eigenvalue weighted by molar-refractivity contribution is -0.386. The van der Waals surface area contributed by atoms with Crippen molar-refractivity contribution in [3.05, 3.63) is 22.2 Å². The molecule has 1 unspecified atom stereocenters. The molecule has 0 aromatic carbocycles. The Morgan fingerprint density at radius 1 is 1.45 bits per heavy atom. The van der Waals surface area contributed by atoms with Gasteiger partial charge >= 0.3 is 5.69 Å². The van der Waals surface area contributed by atoms with E-state index in [0.29, 0.717) is 19.0 Å². The van der Waals surface area contributed by atoms with E-state index in [0.717, 1.165) is 13.0 Å². The van der Waals surface area contributed by atoms with Crippen LogP contribution in [0.15, 0.2) is 12.1 Å². The zero-order valence-electron chi connectivity index (χ0n) is 12.1. The van der Waals surface area contributed by atoms with E-state index in [1.54, 1.807) is 13.0 Å². The van der Waals surface area contributed by atoms with Crippen molar-refractivity contribution in [3.63, 3.8) is 0 Å². The van der Waals surface area contributed by atoms with E-state index in [4.69, 9.17) is 9.47 Å². The molecule has 0 radical (unpaired) electrons. The number of hydrogen-bond donors (Lipinski definition) is 1. The summed E-state index contributed by atoms with van der Waals surface area (Å²) < 4.78 is 10.7. The fourth-order valence-electron chi connectivity index (χ4n) is 1.52. The van der Waals surface area contributed by atoms with Crippen LogP contribution in [0.2, 0.25) is 0 Å². The molecule has 0 amide bonds. The van der Waals surface area contributed by atoms with Gasteiger partial charge in [0.05, 0.1) is 11.5 Å². The Kier molecular flexibility index (Phi) is 6.72. The van der Waals surface area contributed by atoms with Crippen LogP contribution in [0.3, 0.4) is 0 Å². The summed E-state index contributed by atoms with van der Waals surface area (Å²) in [5.74, 6) is 0.583. The van der Waals surface area contributed by atoms with Crippen LogP contribution < -0.4 is 10.1 Å². The Morgan fingerprint density at radius 2 is 2.20 bits per heavy atom. The van der Waals surface area contributed by atoms with Gasteiger partial charge < -0.3 is 14.8 Å². The molecule has 0 saturated heterocycles. The monoisotopic (exact) mass is 283 g/mol. The Hall–Kier alpha value is -1.89.